The van der Waals surface area contributed by atoms with E-state index in [0.29, 0.717) is 0 Å². The van der Waals surface area contributed by atoms with Gasteiger partial charge in [-0.2, -0.15) is 8.42 Å². The zero-order valence-electron chi connectivity index (χ0n) is 4.94. The monoisotopic (exact) mass is 181 g/mol. The third-order valence-electron chi connectivity index (χ3n) is 0.324. The summed E-state index contributed by atoms with van der Waals surface area (Å²) < 4.78 is 30.7. The van der Waals surface area contributed by atoms with Gasteiger partial charge in [0.05, 0.1) is 13.2 Å². The number of aliphatic hydroxyl groups excluding tert-OH is 1. The van der Waals surface area contributed by atoms with Crippen molar-refractivity contribution in [3.63, 3.8) is 0 Å². The maximum Gasteiger partial charge on any atom is 0.397 e. The van der Waals surface area contributed by atoms with E-state index in [2.05, 4.69) is 4.18 Å². The molecule has 7 heteroatoms. The van der Waals surface area contributed by atoms with Crippen LogP contribution in [0.4, 0.5) is 0 Å². The fourth-order valence-corrected chi connectivity index (χ4v) is 0.428. The van der Waals surface area contributed by atoms with Gasteiger partial charge in [-0.3, -0.25) is 4.55 Å². The Balaban J connectivity index is 0. The van der Waals surface area contributed by atoms with Gasteiger partial charge < -0.3 is 5.11 Å². The van der Waals surface area contributed by atoms with Crippen LogP contribution >= 0.6 is 0 Å². The minimum absolute atomic E-state index is 0. The van der Waals surface area contributed by atoms with Crippen molar-refractivity contribution in [3.05, 3.63) is 0 Å². The van der Waals surface area contributed by atoms with Gasteiger partial charge in [0.2, 0.25) is 0 Å². The van der Waals surface area contributed by atoms with Gasteiger partial charge in [-0.15, -0.1) is 0 Å². The van der Waals surface area contributed by atoms with Gasteiger partial charge >= 0.3 is 10.4 Å². The molecule has 0 saturated carbocycles. The van der Waals surface area contributed by atoms with Crippen LogP contribution in [0.2, 0.25) is 0 Å². The third-order valence-corrected chi connectivity index (χ3v) is 0.788. The predicted octanol–water partition coefficient (Wildman–Crippen LogP) is -1.58. The summed E-state index contributed by atoms with van der Waals surface area (Å²) in [6.07, 6.45) is 0. The normalized spacial score (nSPS) is 10.4. The molecule has 0 atom stereocenters. The number of aliphatic hydroxyl groups is 1. The molecule has 51 valence electrons. The van der Waals surface area contributed by atoms with E-state index >= 15 is 0 Å². The fourth-order valence-electron chi connectivity index (χ4n) is 0.143. The van der Waals surface area contributed by atoms with Crippen LogP contribution in [0.15, 0.2) is 0 Å². The van der Waals surface area contributed by atoms with Crippen LogP contribution < -0.4 is 0 Å². The minimum atomic E-state index is -4.35. The molecule has 0 unspecified atom stereocenters. The van der Waals surface area contributed by atoms with E-state index in [0.717, 1.165) is 0 Å². The van der Waals surface area contributed by atoms with Crippen LogP contribution in [0.3, 0.4) is 0 Å². The van der Waals surface area contributed by atoms with E-state index in [1.54, 1.807) is 0 Å². The summed E-state index contributed by atoms with van der Waals surface area (Å²) in [7, 11) is -4.35. The molecule has 0 spiro atoms. The van der Waals surface area contributed by atoms with Crippen molar-refractivity contribution in [2.24, 2.45) is 0 Å². The van der Waals surface area contributed by atoms with Crippen LogP contribution in [0, 0.1) is 0 Å². The zero-order chi connectivity index (χ0) is 6.62. The molecule has 0 aromatic carbocycles. The Bertz CT molecular complexity index is 139. The topological polar surface area (TPSA) is 83.8 Å². The molecule has 0 aromatic heterocycles. The van der Waals surface area contributed by atoms with E-state index in [9.17, 15) is 8.42 Å². The summed E-state index contributed by atoms with van der Waals surface area (Å²) in [4.78, 5) is 0. The number of hydrogen-bond donors (Lipinski definition) is 2. The zero-order valence-corrected chi connectivity index (χ0v) is 8.88. The summed E-state index contributed by atoms with van der Waals surface area (Å²) >= 11 is 0. The molecular formula is C2H6KO5S. The maximum absolute atomic E-state index is 9.61. The molecule has 0 aliphatic rings. The molecule has 9 heavy (non-hydrogen) atoms. The Morgan fingerprint density at radius 1 is 1.44 bits per heavy atom. The number of rotatable bonds is 3. The first-order valence-electron chi connectivity index (χ1n) is 1.79. The first-order chi connectivity index (χ1) is 3.56. The maximum atomic E-state index is 9.61. The summed E-state index contributed by atoms with van der Waals surface area (Å²) in [6.45, 7) is -0.835. The fraction of sp³-hybridized carbons (Fsp3) is 1.00. The van der Waals surface area contributed by atoms with E-state index in [-0.39, 0.29) is 51.4 Å². The van der Waals surface area contributed by atoms with Crippen LogP contribution in [-0.2, 0) is 14.6 Å². The molecule has 0 amide bonds. The second-order valence-corrected chi connectivity index (χ2v) is 2.06. The van der Waals surface area contributed by atoms with Crippen molar-refractivity contribution >= 4 is 61.8 Å². The molecule has 0 rings (SSSR count). The van der Waals surface area contributed by atoms with Gasteiger partial charge in [0.15, 0.2) is 0 Å². The van der Waals surface area contributed by atoms with E-state index in [1.807, 2.05) is 0 Å². The molecule has 2 N–H and O–H groups in total. The molecule has 0 bridgehead atoms. The van der Waals surface area contributed by atoms with Crippen molar-refractivity contribution in [1.29, 1.82) is 0 Å². The summed E-state index contributed by atoms with van der Waals surface area (Å²) in [5.74, 6) is 0. The molecule has 0 aromatic rings. The molecule has 0 aliphatic heterocycles. The van der Waals surface area contributed by atoms with E-state index in [1.165, 1.54) is 0 Å². The quantitative estimate of drug-likeness (QED) is 0.405. The molecule has 0 aliphatic carbocycles. The summed E-state index contributed by atoms with van der Waals surface area (Å²) in [5, 5.41) is 7.93. The average Bonchev–Trinajstić information content (AvgIpc) is 1.59. The number of hydrogen-bond acceptors (Lipinski definition) is 4. The minimum Gasteiger partial charge on any atom is -0.394 e. The van der Waals surface area contributed by atoms with Crippen LogP contribution in [0.1, 0.15) is 0 Å². The van der Waals surface area contributed by atoms with Crippen molar-refractivity contribution < 1.29 is 22.3 Å². The Morgan fingerprint density at radius 3 is 2.00 bits per heavy atom. The Hall–Kier alpha value is 1.47. The van der Waals surface area contributed by atoms with Crippen LogP contribution in [0.5, 0.6) is 0 Å². The van der Waals surface area contributed by atoms with Crippen molar-refractivity contribution in [2.75, 3.05) is 13.2 Å². The van der Waals surface area contributed by atoms with Crippen molar-refractivity contribution in [3.8, 4) is 0 Å². The van der Waals surface area contributed by atoms with Gasteiger partial charge in [0.1, 0.15) is 0 Å². The SMILES string of the molecule is O=S(=O)(O)OCCO.[K]. The average molecular weight is 181 g/mol. The van der Waals surface area contributed by atoms with Crippen molar-refractivity contribution in [1.82, 2.24) is 0 Å². The Kier molecular flexibility index (Phi) is 9.01. The molecule has 0 saturated heterocycles. The van der Waals surface area contributed by atoms with Gasteiger partial charge in [-0.05, 0) is 0 Å². The largest absolute Gasteiger partial charge is 0.397 e. The van der Waals surface area contributed by atoms with Crippen molar-refractivity contribution in [2.45, 2.75) is 0 Å². The smallest absolute Gasteiger partial charge is 0.394 e. The summed E-state index contributed by atoms with van der Waals surface area (Å²) in [6, 6.07) is 0. The first kappa shape index (κ1) is 13.1. The van der Waals surface area contributed by atoms with Gasteiger partial charge in [0, 0.05) is 51.4 Å². The standard InChI is InChI=1S/C2H6O5S.K/c3-1-2-7-8(4,5)6;/h3H,1-2H2,(H,4,5,6);. The Morgan fingerprint density at radius 2 is 1.89 bits per heavy atom. The second-order valence-electron chi connectivity index (χ2n) is 0.973. The predicted molar refractivity (Wildman–Crippen MR) is 30.3 cm³/mol. The van der Waals surface area contributed by atoms with Crippen LogP contribution in [0.25, 0.3) is 0 Å². The van der Waals surface area contributed by atoms with Gasteiger partial charge in [0.25, 0.3) is 0 Å². The first-order valence-corrected chi connectivity index (χ1v) is 3.15. The van der Waals surface area contributed by atoms with Crippen LogP contribution in [-0.4, -0.2) is 82.7 Å². The second kappa shape index (κ2) is 6.19. The molecule has 0 heterocycles. The molecule has 1 radical (unpaired) electrons. The summed E-state index contributed by atoms with van der Waals surface area (Å²) in [5.41, 5.74) is 0. The third kappa shape index (κ3) is 12.6. The van der Waals surface area contributed by atoms with E-state index < -0.39 is 23.6 Å². The Labute approximate surface area is 95.8 Å². The van der Waals surface area contributed by atoms with E-state index in [4.69, 9.17) is 9.66 Å². The van der Waals surface area contributed by atoms with Gasteiger partial charge in [-0.25, -0.2) is 4.18 Å². The van der Waals surface area contributed by atoms with Gasteiger partial charge in [-0.1, -0.05) is 0 Å². The molecular weight excluding hydrogens is 175 g/mol. The molecule has 0 fully saturated rings. The molecule has 5 nitrogen and oxygen atoms in total.